The highest BCUT2D eigenvalue weighted by Gasteiger charge is 2.31. The fraction of sp³-hybridized carbons (Fsp3) is 0.600. The zero-order valence-corrected chi connectivity index (χ0v) is 11.4. The number of hydrogen-bond donors (Lipinski definition) is 1. The van der Waals surface area contributed by atoms with Gasteiger partial charge in [0.2, 0.25) is 0 Å². The van der Waals surface area contributed by atoms with Crippen LogP contribution in [0.15, 0.2) is 24.3 Å². The molecule has 1 aliphatic rings. The van der Waals surface area contributed by atoms with Crippen LogP contribution in [0.3, 0.4) is 0 Å². The van der Waals surface area contributed by atoms with Gasteiger partial charge in [0.15, 0.2) is 0 Å². The van der Waals surface area contributed by atoms with Crippen molar-refractivity contribution in [3.63, 3.8) is 0 Å². The van der Waals surface area contributed by atoms with Crippen LogP contribution in [0.4, 0.5) is 13.2 Å². The van der Waals surface area contributed by atoms with Gasteiger partial charge < -0.3 is 9.84 Å². The number of aliphatic hydroxyl groups is 1. The minimum absolute atomic E-state index is 0.182. The van der Waals surface area contributed by atoms with Gasteiger partial charge in [0.05, 0.1) is 6.10 Å². The molecule has 0 heterocycles. The number of hydrogen-bond acceptors (Lipinski definition) is 2. The molecular formula is C15H19F3O2. The van der Waals surface area contributed by atoms with Gasteiger partial charge >= 0.3 is 6.36 Å². The minimum atomic E-state index is -4.64. The summed E-state index contributed by atoms with van der Waals surface area (Å²) in [6.45, 7) is 1.81. The molecule has 1 fully saturated rings. The van der Waals surface area contributed by atoms with E-state index in [4.69, 9.17) is 0 Å². The molecule has 1 unspecified atom stereocenters. The fourth-order valence-corrected chi connectivity index (χ4v) is 2.88. The third-order valence-electron chi connectivity index (χ3n) is 4.04. The van der Waals surface area contributed by atoms with E-state index in [1.807, 2.05) is 6.92 Å². The molecular weight excluding hydrogens is 269 g/mol. The Kier molecular flexibility index (Phi) is 4.58. The largest absolute Gasteiger partial charge is 0.573 e. The second-order valence-corrected chi connectivity index (χ2v) is 5.47. The Morgan fingerprint density at radius 1 is 1.10 bits per heavy atom. The van der Waals surface area contributed by atoms with Crippen LogP contribution in [0.5, 0.6) is 5.75 Å². The first-order valence-corrected chi connectivity index (χ1v) is 6.89. The van der Waals surface area contributed by atoms with Crippen LogP contribution < -0.4 is 4.74 Å². The van der Waals surface area contributed by atoms with Gasteiger partial charge in [-0.3, -0.25) is 0 Å². The van der Waals surface area contributed by atoms with Crippen molar-refractivity contribution in [3.8, 4) is 5.75 Å². The first-order chi connectivity index (χ1) is 9.35. The van der Waals surface area contributed by atoms with Crippen LogP contribution in [0.2, 0.25) is 0 Å². The Hall–Kier alpha value is -1.23. The third-order valence-corrected chi connectivity index (χ3v) is 4.04. The van der Waals surface area contributed by atoms with E-state index in [-0.39, 0.29) is 11.9 Å². The second kappa shape index (κ2) is 6.04. The molecule has 5 heteroatoms. The van der Waals surface area contributed by atoms with Gasteiger partial charge in [-0.1, -0.05) is 12.1 Å². The lowest BCUT2D eigenvalue weighted by atomic mass is 9.77. The molecule has 0 bridgehead atoms. The first-order valence-electron chi connectivity index (χ1n) is 6.89. The lowest BCUT2D eigenvalue weighted by Gasteiger charge is -2.30. The van der Waals surface area contributed by atoms with Gasteiger partial charge in [0.25, 0.3) is 0 Å². The summed E-state index contributed by atoms with van der Waals surface area (Å²) in [7, 11) is 0. The predicted octanol–water partition coefficient (Wildman–Crippen LogP) is 4.24. The monoisotopic (exact) mass is 288 g/mol. The van der Waals surface area contributed by atoms with Gasteiger partial charge in [-0.05, 0) is 62.1 Å². The molecule has 1 saturated carbocycles. The van der Waals surface area contributed by atoms with Gasteiger partial charge in [-0.25, -0.2) is 0 Å². The van der Waals surface area contributed by atoms with Gasteiger partial charge in [0.1, 0.15) is 5.75 Å². The molecule has 1 aromatic rings. The van der Waals surface area contributed by atoms with Crippen LogP contribution in [-0.2, 0) is 0 Å². The van der Waals surface area contributed by atoms with Crippen molar-refractivity contribution in [1.82, 2.24) is 0 Å². The van der Waals surface area contributed by atoms with E-state index in [9.17, 15) is 18.3 Å². The standard InChI is InChI=1S/C15H19F3O2/c1-10(19)11-2-4-12(5-3-11)13-6-8-14(9-7-13)20-15(16,17)18/h6-12,19H,2-5H2,1H3. The average molecular weight is 288 g/mol. The SMILES string of the molecule is CC(O)C1CCC(c2ccc(OC(F)(F)F)cc2)CC1. The molecule has 0 aliphatic heterocycles. The summed E-state index contributed by atoms with van der Waals surface area (Å²) in [6.07, 6.45) is -1.06. The quantitative estimate of drug-likeness (QED) is 0.901. The molecule has 1 N–H and O–H groups in total. The average Bonchev–Trinajstić information content (AvgIpc) is 2.38. The van der Waals surface area contributed by atoms with Crippen LogP contribution in [0.25, 0.3) is 0 Å². The number of benzene rings is 1. The topological polar surface area (TPSA) is 29.5 Å². The van der Waals surface area contributed by atoms with Gasteiger partial charge in [-0.15, -0.1) is 13.2 Å². The highest BCUT2D eigenvalue weighted by atomic mass is 19.4. The molecule has 1 aromatic carbocycles. The molecule has 1 aliphatic carbocycles. The summed E-state index contributed by atoms with van der Waals surface area (Å²) >= 11 is 0. The van der Waals surface area contributed by atoms with E-state index in [0.717, 1.165) is 31.2 Å². The molecule has 0 spiro atoms. The van der Waals surface area contributed by atoms with E-state index >= 15 is 0 Å². The maximum atomic E-state index is 12.1. The second-order valence-electron chi connectivity index (χ2n) is 5.47. The molecule has 0 amide bonds. The maximum absolute atomic E-state index is 12.1. The summed E-state index contributed by atoms with van der Waals surface area (Å²) in [6, 6.07) is 6.13. The Morgan fingerprint density at radius 3 is 2.10 bits per heavy atom. The molecule has 0 aromatic heterocycles. The van der Waals surface area contributed by atoms with Gasteiger partial charge in [-0.2, -0.15) is 0 Å². The van der Waals surface area contributed by atoms with E-state index in [0.29, 0.717) is 11.8 Å². The summed E-state index contributed by atoms with van der Waals surface area (Å²) < 4.78 is 40.1. The highest BCUT2D eigenvalue weighted by Crippen LogP contribution is 2.37. The van der Waals surface area contributed by atoms with E-state index in [2.05, 4.69) is 4.74 Å². The number of halogens is 3. The lowest BCUT2D eigenvalue weighted by molar-refractivity contribution is -0.274. The number of alkyl halides is 3. The van der Waals surface area contributed by atoms with Crippen LogP contribution in [-0.4, -0.2) is 17.6 Å². The molecule has 0 saturated heterocycles. The summed E-state index contributed by atoms with van der Waals surface area (Å²) in [5.41, 5.74) is 1.04. The summed E-state index contributed by atoms with van der Waals surface area (Å²) in [4.78, 5) is 0. The molecule has 2 rings (SSSR count). The normalized spacial score (nSPS) is 25.2. The number of aliphatic hydroxyl groups excluding tert-OH is 1. The van der Waals surface area contributed by atoms with Crippen molar-refractivity contribution in [2.75, 3.05) is 0 Å². The Labute approximate surface area is 116 Å². The van der Waals surface area contributed by atoms with Crippen LogP contribution in [0, 0.1) is 5.92 Å². The third kappa shape index (κ3) is 4.13. The van der Waals surface area contributed by atoms with E-state index in [1.54, 1.807) is 12.1 Å². The highest BCUT2D eigenvalue weighted by molar-refractivity contribution is 5.29. The zero-order chi connectivity index (χ0) is 14.8. The van der Waals surface area contributed by atoms with Crippen molar-refractivity contribution >= 4 is 0 Å². The molecule has 0 radical (unpaired) electrons. The molecule has 20 heavy (non-hydrogen) atoms. The van der Waals surface area contributed by atoms with E-state index < -0.39 is 6.36 Å². The van der Waals surface area contributed by atoms with Crippen molar-refractivity contribution < 1.29 is 23.0 Å². The maximum Gasteiger partial charge on any atom is 0.573 e. The van der Waals surface area contributed by atoms with E-state index in [1.165, 1.54) is 12.1 Å². The lowest BCUT2D eigenvalue weighted by Crippen LogP contribution is -2.22. The summed E-state index contributed by atoms with van der Waals surface area (Å²) in [5.74, 6) is 0.530. The van der Waals surface area contributed by atoms with Crippen LogP contribution >= 0.6 is 0 Å². The van der Waals surface area contributed by atoms with Crippen molar-refractivity contribution in [1.29, 1.82) is 0 Å². The zero-order valence-electron chi connectivity index (χ0n) is 11.4. The number of rotatable bonds is 3. The van der Waals surface area contributed by atoms with Crippen LogP contribution in [0.1, 0.15) is 44.1 Å². The van der Waals surface area contributed by atoms with Gasteiger partial charge in [0, 0.05) is 0 Å². The number of ether oxygens (including phenoxy) is 1. The molecule has 1 atom stereocenters. The van der Waals surface area contributed by atoms with Crippen molar-refractivity contribution in [3.05, 3.63) is 29.8 Å². The molecule has 2 nitrogen and oxygen atoms in total. The van der Waals surface area contributed by atoms with Crippen molar-refractivity contribution in [2.24, 2.45) is 5.92 Å². The van der Waals surface area contributed by atoms with Crippen molar-refractivity contribution in [2.45, 2.75) is 51.0 Å². The first kappa shape index (κ1) is 15.2. The molecule has 112 valence electrons. The predicted molar refractivity (Wildman–Crippen MR) is 69.5 cm³/mol. The Bertz CT molecular complexity index is 418. The summed E-state index contributed by atoms with van der Waals surface area (Å²) in [5, 5.41) is 9.56. The minimum Gasteiger partial charge on any atom is -0.406 e. The smallest absolute Gasteiger partial charge is 0.406 e. The fourth-order valence-electron chi connectivity index (χ4n) is 2.88. The Morgan fingerprint density at radius 2 is 1.65 bits per heavy atom. The Balaban J connectivity index is 1.94.